The summed E-state index contributed by atoms with van der Waals surface area (Å²) in [5, 5.41) is 9.40. The van der Waals surface area contributed by atoms with Crippen molar-refractivity contribution < 1.29 is 4.79 Å². The summed E-state index contributed by atoms with van der Waals surface area (Å²) in [4.78, 5) is 26.9. The second-order valence-corrected chi connectivity index (χ2v) is 9.45. The Morgan fingerprint density at radius 3 is 2.42 bits per heavy atom. The van der Waals surface area contributed by atoms with Crippen molar-refractivity contribution in [3.05, 3.63) is 71.1 Å². The molecule has 2 amide bonds. The Labute approximate surface area is 215 Å². The number of aryl methyl sites for hydroxylation is 2. The average molecular weight is 504 g/mol. The van der Waals surface area contributed by atoms with E-state index in [2.05, 4.69) is 17.1 Å². The van der Waals surface area contributed by atoms with Crippen LogP contribution in [0.2, 0.25) is 5.02 Å². The van der Waals surface area contributed by atoms with Crippen LogP contribution in [0.15, 0.2) is 54.6 Å². The number of amides is 2. The lowest BCUT2D eigenvalue weighted by Gasteiger charge is -2.35. The van der Waals surface area contributed by atoms with Crippen LogP contribution in [0.4, 0.5) is 16.3 Å². The molecule has 0 unspecified atom stereocenters. The molecule has 9 heteroatoms. The van der Waals surface area contributed by atoms with Gasteiger partial charge in [-0.2, -0.15) is 5.10 Å². The molecule has 1 N–H and O–H groups in total. The van der Waals surface area contributed by atoms with E-state index < -0.39 is 0 Å². The van der Waals surface area contributed by atoms with Crippen molar-refractivity contribution in [2.75, 3.05) is 36.4 Å². The van der Waals surface area contributed by atoms with Crippen LogP contribution < -0.4 is 10.2 Å². The monoisotopic (exact) mass is 503 g/mol. The van der Waals surface area contributed by atoms with Gasteiger partial charge < -0.3 is 15.1 Å². The third-order valence-electron chi connectivity index (χ3n) is 6.45. The van der Waals surface area contributed by atoms with Gasteiger partial charge in [-0.3, -0.25) is 0 Å². The molecular formula is C27H30ClN7O. The zero-order chi connectivity index (χ0) is 25.1. The van der Waals surface area contributed by atoms with Gasteiger partial charge in [0.1, 0.15) is 11.6 Å². The normalized spacial score (nSPS) is 13.9. The van der Waals surface area contributed by atoms with Crippen molar-refractivity contribution in [3.63, 3.8) is 0 Å². The lowest BCUT2D eigenvalue weighted by Crippen LogP contribution is -2.50. The van der Waals surface area contributed by atoms with E-state index in [4.69, 9.17) is 26.7 Å². The van der Waals surface area contributed by atoms with Gasteiger partial charge in [0.25, 0.3) is 0 Å². The Balaban J connectivity index is 1.40. The van der Waals surface area contributed by atoms with Crippen molar-refractivity contribution in [3.8, 4) is 5.69 Å². The largest absolute Gasteiger partial charge is 0.352 e. The number of hydrogen-bond acceptors (Lipinski definition) is 5. The van der Waals surface area contributed by atoms with Crippen LogP contribution in [0.3, 0.4) is 0 Å². The first-order valence-corrected chi connectivity index (χ1v) is 12.8. The van der Waals surface area contributed by atoms with Crippen LogP contribution in [0.5, 0.6) is 0 Å². The summed E-state index contributed by atoms with van der Waals surface area (Å²) in [5.41, 5.74) is 3.44. The van der Waals surface area contributed by atoms with E-state index in [9.17, 15) is 4.79 Å². The summed E-state index contributed by atoms with van der Waals surface area (Å²) >= 11 is 5.95. The number of rotatable bonds is 6. The zero-order valence-corrected chi connectivity index (χ0v) is 21.4. The predicted molar refractivity (Wildman–Crippen MR) is 144 cm³/mol. The highest BCUT2D eigenvalue weighted by atomic mass is 35.5. The molecule has 0 atom stereocenters. The van der Waals surface area contributed by atoms with Crippen molar-refractivity contribution >= 4 is 40.2 Å². The van der Waals surface area contributed by atoms with Crippen molar-refractivity contribution in [1.82, 2.24) is 24.6 Å². The average Bonchev–Trinajstić information content (AvgIpc) is 3.25. The number of carbonyl (C=O) groups is 1. The summed E-state index contributed by atoms with van der Waals surface area (Å²) in [5.74, 6) is 1.74. The van der Waals surface area contributed by atoms with E-state index in [1.807, 2.05) is 46.8 Å². The van der Waals surface area contributed by atoms with E-state index in [0.29, 0.717) is 31.2 Å². The van der Waals surface area contributed by atoms with E-state index in [-0.39, 0.29) is 6.03 Å². The Hall–Kier alpha value is -3.65. The highest BCUT2D eigenvalue weighted by Gasteiger charge is 2.26. The Bertz CT molecular complexity index is 1350. The Kier molecular flexibility index (Phi) is 7.04. The third kappa shape index (κ3) is 4.99. The smallest absolute Gasteiger partial charge is 0.321 e. The fourth-order valence-electron chi connectivity index (χ4n) is 4.49. The van der Waals surface area contributed by atoms with Gasteiger partial charge in [-0.15, -0.1) is 0 Å². The van der Waals surface area contributed by atoms with Crippen LogP contribution in [-0.2, 0) is 6.42 Å². The number of anilines is 2. The molecule has 36 heavy (non-hydrogen) atoms. The molecule has 3 heterocycles. The number of halogens is 1. The van der Waals surface area contributed by atoms with E-state index in [1.54, 1.807) is 24.3 Å². The molecule has 1 saturated heterocycles. The molecule has 186 valence electrons. The van der Waals surface area contributed by atoms with Gasteiger partial charge in [0.2, 0.25) is 0 Å². The van der Waals surface area contributed by atoms with Gasteiger partial charge in [-0.25, -0.2) is 19.4 Å². The molecule has 0 spiro atoms. The highest BCUT2D eigenvalue weighted by Crippen LogP contribution is 2.30. The van der Waals surface area contributed by atoms with Crippen molar-refractivity contribution in [1.29, 1.82) is 0 Å². The molecule has 2 aromatic carbocycles. The van der Waals surface area contributed by atoms with E-state index in [0.717, 1.165) is 59.0 Å². The number of para-hydroxylation sites is 1. The molecular weight excluding hydrogens is 474 g/mol. The van der Waals surface area contributed by atoms with Gasteiger partial charge in [0.05, 0.1) is 16.8 Å². The summed E-state index contributed by atoms with van der Waals surface area (Å²) in [6.45, 7) is 6.75. The number of piperazine rings is 1. The highest BCUT2D eigenvalue weighted by molar-refractivity contribution is 6.30. The van der Waals surface area contributed by atoms with Crippen LogP contribution in [0.25, 0.3) is 16.7 Å². The number of aromatic nitrogens is 4. The maximum Gasteiger partial charge on any atom is 0.321 e. The zero-order valence-electron chi connectivity index (χ0n) is 20.6. The van der Waals surface area contributed by atoms with Crippen LogP contribution in [0.1, 0.15) is 31.3 Å². The molecule has 1 aliphatic heterocycles. The molecule has 5 rings (SSSR count). The van der Waals surface area contributed by atoms with Gasteiger partial charge in [-0.05, 0) is 49.7 Å². The molecule has 8 nitrogen and oxygen atoms in total. The number of nitrogens with one attached hydrogen (secondary N) is 1. The topological polar surface area (TPSA) is 79.2 Å². The summed E-state index contributed by atoms with van der Waals surface area (Å²) in [6, 6.07) is 17.1. The standard InChI is InChI=1S/C27H30ClN7O/c1-3-4-10-23-30-25(24-19(2)32-35(26(24)31-23)22-8-6-5-7-9-22)33-15-17-34(18-16-33)27(36)29-21-13-11-20(28)12-14-21/h5-9,11-14H,3-4,10,15-18H2,1-2H3,(H,29,36). The second kappa shape index (κ2) is 10.5. The number of urea groups is 1. The molecule has 0 aliphatic carbocycles. The third-order valence-corrected chi connectivity index (χ3v) is 6.70. The van der Waals surface area contributed by atoms with Gasteiger partial charge in [-0.1, -0.05) is 43.1 Å². The number of carbonyl (C=O) groups excluding carboxylic acids is 1. The van der Waals surface area contributed by atoms with Crippen LogP contribution in [0, 0.1) is 6.92 Å². The first-order chi connectivity index (χ1) is 17.5. The molecule has 0 saturated carbocycles. The van der Waals surface area contributed by atoms with Gasteiger partial charge >= 0.3 is 6.03 Å². The molecule has 1 fully saturated rings. The fraction of sp³-hybridized carbons (Fsp3) is 0.333. The maximum atomic E-state index is 12.8. The molecule has 1 aliphatic rings. The summed E-state index contributed by atoms with van der Waals surface area (Å²) < 4.78 is 1.92. The van der Waals surface area contributed by atoms with Crippen molar-refractivity contribution in [2.24, 2.45) is 0 Å². The first-order valence-electron chi connectivity index (χ1n) is 12.4. The minimum atomic E-state index is -0.110. The minimum absolute atomic E-state index is 0.110. The maximum absolute atomic E-state index is 12.8. The van der Waals surface area contributed by atoms with Gasteiger partial charge in [0, 0.05) is 43.3 Å². The van der Waals surface area contributed by atoms with Crippen LogP contribution >= 0.6 is 11.6 Å². The quantitative estimate of drug-likeness (QED) is 0.377. The second-order valence-electron chi connectivity index (χ2n) is 9.01. The Morgan fingerprint density at radius 2 is 1.72 bits per heavy atom. The van der Waals surface area contributed by atoms with Crippen molar-refractivity contribution in [2.45, 2.75) is 33.1 Å². The molecule has 2 aromatic heterocycles. The molecule has 0 radical (unpaired) electrons. The SMILES string of the molecule is CCCCc1nc(N2CCN(C(=O)Nc3ccc(Cl)cc3)CC2)c2c(C)nn(-c3ccccc3)c2n1. The molecule has 0 bridgehead atoms. The fourth-order valence-corrected chi connectivity index (χ4v) is 4.61. The van der Waals surface area contributed by atoms with E-state index >= 15 is 0 Å². The first kappa shape index (κ1) is 24.1. The Morgan fingerprint density at radius 1 is 1.00 bits per heavy atom. The predicted octanol–water partition coefficient (Wildman–Crippen LogP) is 5.47. The summed E-state index contributed by atoms with van der Waals surface area (Å²) in [6.07, 6.45) is 2.93. The van der Waals surface area contributed by atoms with Crippen LogP contribution in [-0.4, -0.2) is 56.9 Å². The number of unbranched alkanes of at least 4 members (excludes halogenated alkanes) is 1. The van der Waals surface area contributed by atoms with E-state index in [1.165, 1.54) is 0 Å². The summed E-state index contributed by atoms with van der Waals surface area (Å²) in [7, 11) is 0. The number of benzene rings is 2. The number of hydrogen-bond donors (Lipinski definition) is 1. The lowest BCUT2D eigenvalue weighted by molar-refractivity contribution is 0.208. The molecule has 4 aromatic rings. The van der Waals surface area contributed by atoms with Gasteiger partial charge in [0.15, 0.2) is 5.65 Å². The number of fused-ring (bicyclic) bond motifs is 1. The number of nitrogens with zero attached hydrogens (tertiary/aromatic N) is 6. The lowest BCUT2D eigenvalue weighted by atomic mass is 10.2. The minimum Gasteiger partial charge on any atom is -0.352 e.